The quantitative estimate of drug-likeness (QED) is 0.182. The lowest BCUT2D eigenvalue weighted by Crippen LogP contribution is -2.39. The summed E-state index contributed by atoms with van der Waals surface area (Å²) in [7, 11) is 1.77. The summed E-state index contributed by atoms with van der Waals surface area (Å²) in [6, 6.07) is 0. The molecule has 26 heavy (non-hydrogen) atoms. The smallest absolute Gasteiger partial charge is 0.407 e. The molecule has 0 radical (unpaired) electrons. The highest BCUT2D eigenvalue weighted by molar-refractivity contribution is 14.0. The molecule has 0 unspecified atom stereocenters. The SMILES string of the molecule is CCN(CC)CCCCNC(=NC)NCCCNC(=O)OC(C)(C)C.I. The van der Waals surface area contributed by atoms with Crippen LogP contribution in [-0.2, 0) is 4.74 Å². The second-order valence-electron chi connectivity index (χ2n) is 6.94. The van der Waals surface area contributed by atoms with Crippen molar-refractivity contribution in [1.29, 1.82) is 0 Å². The van der Waals surface area contributed by atoms with Crippen molar-refractivity contribution in [3.63, 3.8) is 0 Å². The van der Waals surface area contributed by atoms with Gasteiger partial charge in [0.25, 0.3) is 0 Å². The van der Waals surface area contributed by atoms with Crippen LogP contribution in [0.3, 0.4) is 0 Å². The number of unbranched alkanes of at least 4 members (excludes halogenated alkanes) is 1. The van der Waals surface area contributed by atoms with E-state index in [1.54, 1.807) is 7.05 Å². The molecule has 0 aliphatic carbocycles. The maximum absolute atomic E-state index is 11.5. The van der Waals surface area contributed by atoms with Crippen LogP contribution in [0.25, 0.3) is 0 Å². The van der Waals surface area contributed by atoms with Crippen LogP contribution in [0, 0.1) is 0 Å². The minimum Gasteiger partial charge on any atom is -0.444 e. The van der Waals surface area contributed by atoms with E-state index in [4.69, 9.17) is 4.74 Å². The minimum absolute atomic E-state index is 0. The molecule has 0 aliphatic heterocycles. The van der Waals surface area contributed by atoms with Gasteiger partial charge in [-0.25, -0.2) is 4.79 Å². The van der Waals surface area contributed by atoms with Gasteiger partial charge in [-0.1, -0.05) is 13.8 Å². The molecule has 0 saturated carbocycles. The van der Waals surface area contributed by atoms with Gasteiger partial charge in [-0.2, -0.15) is 0 Å². The Balaban J connectivity index is 0. The van der Waals surface area contributed by atoms with Crippen LogP contribution in [0.2, 0.25) is 0 Å². The molecule has 1 amide bonds. The Hall–Kier alpha value is -0.770. The summed E-state index contributed by atoms with van der Waals surface area (Å²) in [6.07, 6.45) is 2.74. The molecule has 3 N–H and O–H groups in total. The van der Waals surface area contributed by atoms with Crippen LogP contribution in [0.15, 0.2) is 4.99 Å². The molecule has 0 aromatic rings. The van der Waals surface area contributed by atoms with E-state index < -0.39 is 5.60 Å². The van der Waals surface area contributed by atoms with Gasteiger partial charge in [0.15, 0.2) is 5.96 Å². The standard InChI is InChI=1S/C18H39N5O2.HI/c1-7-23(8-2)15-10-9-12-20-16(19-6)21-13-11-14-22-17(24)25-18(3,4)5;/h7-15H2,1-6H3,(H,22,24)(H2,19,20,21);1H. The predicted octanol–water partition coefficient (Wildman–Crippen LogP) is 2.81. The first-order valence-electron chi connectivity index (χ1n) is 9.46. The van der Waals surface area contributed by atoms with Gasteiger partial charge in [-0.05, 0) is 59.7 Å². The fourth-order valence-electron chi connectivity index (χ4n) is 2.23. The summed E-state index contributed by atoms with van der Waals surface area (Å²) < 4.78 is 5.19. The summed E-state index contributed by atoms with van der Waals surface area (Å²) >= 11 is 0. The zero-order valence-corrected chi connectivity index (χ0v) is 19.8. The average molecular weight is 485 g/mol. The third-order valence-electron chi connectivity index (χ3n) is 3.63. The number of guanidine groups is 1. The van der Waals surface area contributed by atoms with Crippen molar-refractivity contribution in [2.75, 3.05) is 46.3 Å². The van der Waals surface area contributed by atoms with E-state index in [1.165, 1.54) is 6.42 Å². The topological polar surface area (TPSA) is 78.0 Å². The lowest BCUT2D eigenvalue weighted by atomic mass is 10.2. The number of hydrogen-bond donors (Lipinski definition) is 3. The Morgan fingerprint density at radius 3 is 2.00 bits per heavy atom. The molecule has 0 saturated heterocycles. The summed E-state index contributed by atoms with van der Waals surface area (Å²) in [5.41, 5.74) is -0.459. The molecule has 0 rings (SSSR count). The second kappa shape index (κ2) is 16.4. The Morgan fingerprint density at radius 1 is 0.962 bits per heavy atom. The number of alkyl carbamates (subject to hydrolysis) is 1. The van der Waals surface area contributed by atoms with Crippen molar-refractivity contribution < 1.29 is 9.53 Å². The minimum atomic E-state index is -0.459. The van der Waals surface area contributed by atoms with Gasteiger partial charge in [0.1, 0.15) is 5.60 Å². The Bertz CT molecular complexity index is 382. The number of aliphatic imine (C=N–C) groups is 1. The summed E-state index contributed by atoms with van der Waals surface area (Å²) in [5, 5.41) is 9.31. The number of hydrogen-bond acceptors (Lipinski definition) is 4. The first-order chi connectivity index (χ1) is 11.8. The number of amides is 1. The van der Waals surface area contributed by atoms with Crippen LogP contribution >= 0.6 is 24.0 Å². The molecule has 8 heteroatoms. The Morgan fingerprint density at radius 2 is 1.50 bits per heavy atom. The zero-order chi connectivity index (χ0) is 19.1. The second-order valence-corrected chi connectivity index (χ2v) is 6.94. The van der Waals surface area contributed by atoms with Crippen molar-refractivity contribution in [2.45, 2.75) is 59.5 Å². The largest absolute Gasteiger partial charge is 0.444 e. The molecular weight excluding hydrogens is 445 g/mol. The molecule has 0 aliphatic rings. The number of nitrogens with zero attached hydrogens (tertiary/aromatic N) is 2. The monoisotopic (exact) mass is 485 g/mol. The summed E-state index contributed by atoms with van der Waals surface area (Å²) in [6.45, 7) is 15.6. The van der Waals surface area contributed by atoms with Crippen molar-refractivity contribution in [3.05, 3.63) is 0 Å². The van der Waals surface area contributed by atoms with Crippen LogP contribution in [-0.4, -0.2) is 68.9 Å². The average Bonchev–Trinajstić information content (AvgIpc) is 2.54. The molecule has 0 heterocycles. The van der Waals surface area contributed by atoms with Crippen molar-refractivity contribution in [1.82, 2.24) is 20.9 Å². The van der Waals surface area contributed by atoms with E-state index in [1.807, 2.05) is 20.8 Å². The fourth-order valence-corrected chi connectivity index (χ4v) is 2.23. The lowest BCUT2D eigenvalue weighted by Gasteiger charge is -2.19. The molecule has 0 spiro atoms. The normalized spacial score (nSPS) is 11.7. The Kier molecular flexibility index (Phi) is 17.3. The number of carbonyl (C=O) groups is 1. The highest BCUT2D eigenvalue weighted by Gasteiger charge is 2.15. The molecule has 0 fully saturated rings. The summed E-state index contributed by atoms with van der Waals surface area (Å²) in [5.74, 6) is 0.806. The first kappa shape index (κ1) is 27.4. The van der Waals surface area contributed by atoms with Gasteiger partial charge in [-0.15, -0.1) is 24.0 Å². The van der Waals surface area contributed by atoms with Crippen molar-refractivity contribution >= 4 is 36.0 Å². The molecule has 0 aromatic heterocycles. The highest BCUT2D eigenvalue weighted by Crippen LogP contribution is 2.06. The molecule has 7 nitrogen and oxygen atoms in total. The number of halogens is 1. The van der Waals surface area contributed by atoms with Gasteiger partial charge in [0, 0.05) is 26.7 Å². The van der Waals surface area contributed by atoms with E-state index >= 15 is 0 Å². The molecule has 0 aromatic carbocycles. The lowest BCUT2D eigenvalue weighted by molar-refractivity contribution is 0.0527. The van der Waals surface area contributed by atoms with Crippen LogP contribution in [0.5, 0.6) is 0 Å². The highest BCUT2D eigenvalue weighted by atomic mass is 127. The van der Waals surface area contributed by atoms with E-state index in [2.05, 4.69) is 39.7 Å². The molecule has 156 valence electrons. The maximum atomic E-state index is 11.5. The van der Waals surface area contributed by atoms with Crippen molar-refractivity contribution in [3.8, 4) is 0 Å². The molecule has 0 atom stereocenters. The number of rotatable bonds is 11. The van der Waals surface area contributed by atoms with Crippen LogP contribution in [0.4, 0.5) is 4.79 Å². The van der Waals surface area contributed by atoms with E-state index in [0.717, 1.165) is 51.5 Å². The van der Waals surface area contributed by atoms with Gasteiger partial charge in [-0.3, -0.25) is 4.99 Å². The van der Waals surface area contributed by atoms with E-state index in [-0.39, 0.29) is 30.1 Å². The van der Waals surface area contributed by atoms with Gasteiger partial charge < -0.3 is 25.6 Å². The molecule has 0 bridgehead atoms. The van der Waals surface area contributed by atoms with Gasteiger partial charge in [0.05, 0.1) is 0 Å². The third kappa shape index (κ3) is 16.7. The Labute approximate surface area is 177 Å². The van der Waals surface area contributed by atoms with E-state index in [0.29, 0.717) is 6.54 Å². The number of carbonyl (C=O) groups excluding carboxylic acids is 1. The van der Waals surface area contributed by atoms with E-state index in [9.17, 15) is 4.79 Å². The first-order valence-corrected chi connectivity index (χ1v) is 9.46. The fraction of sp³-hybridized carbons (Fsp3) is 0.889. The number of ether oxygens (including phenoxy) is 1. The van der Waals surface area contributed by atoms with Crippen LogP contribution < -0.4 is 16.0 Å². The zero-order valence-electron chi connectivity index (χ0n) is 17.5. The van der Waals surface area contributed by atoms with Crippen LogP contribution in [0.1, 0.15) is 53.9 Å². The van der Waals surface area contributed by atoms with Gasteiger partial charge in [0.2, 0.25) is 0 Å². The molecular formula is C18H40IN5O2. The summed E-state index contributed by atoms with van der Waals surface area (Å²) in [4.78, 5) is 18.2. The maximum Gasteiger partial charge on any atom is 0.407 e. The predicted molar refractivity (Wildman–Crippen MR) is 121 cm³/mol. The van der Waals surface area contributed by atoms with Crippen molar-refractivity contribution in [2.24, 2.45) is 4.99 Å². The van der Waals surface area contributed by atoms with Gasteiger partial charge >= 0.3 is 6.09 Å². The number of nitrogens with one attached hydrogen (secondary N) is 3. The third-order valence-corrected chi connectivity index (χ3v) is 3.63.